The Kier molecular flexibility index (Phi) is 5.67. The molecule has 1 N–H and O–H groups in total. The van der Waals surface area contributed by atoms with Gasteiger partial charge in [-0.15, -0.1) is 0 Å². The van der Waals surface area contributed by atoms with Crippen LogP contribution in [0.2, 0.25) is 0 Å². The van der Waals surface area contributed by atoms with Crippen LogP contribution in [0, 0.1) is 0 Å². The van der Waals surface area contributed by atoms with Crippen molar-refractivity contribution in [1.82, 2.24) is 4.98 Å². The number of Topliss-reactive ketones (excluding diaryl/α,β-unsaturated/α-hetero) is 1. The van der Waals surface area contributed by atoms with Crippen molar-refractivity contribution >= 4 is 23.1 Å². The third-order valence-corrected chi connectivity index (χ3v) is 6.38. The Balaban J connectivity index is 1.70. The van der Waals surface area contributed by atoms with Crippen LogP contribution in [0.25, 0.3) is 5.76 Å². The van der Waals surface area contributed by atoms with E-state index in [9.17, 15) is 14.7 Å². The predicted octanol–water partition coefficient (Wildman–Crippen LogP) is 4.74. The quantitative estimate of drug-likeness (QED) is 0.323. The summed E-state index contributed by atoms with van der Waals surface area (Å²) in [6.07, 6.45) is 3.17. The van der Waals surface area contributed by atoms with Crippen molar-refractivity contribution in [1.29, 1.82) is 0 Å². The lowest BCUT2D eigenvalue weighted by Gasteiger charge is -2.26. The lowest BCUT2D eigenvalue weighted by molar-refractivity contribution is -0.132. The highest BCUT2D eigenvalue weighted by Gasteiger charge is 2.47. The fraction of sp³-hybridized carbons (Fsp3) is 0.250. The minimum atomic E-state index is -0.867. The van der Waals surface area contributed by atoms with Gasteiger partial charge in [-0.1, -0.05) is 20.8 Å². The highest BCUT2D eigenvalue weighted by Crippen LogP contribution is 2.45. The number of methoxy groups -OCH3 is 1. The van der Waals surface area contributed by atoms with Gasteiger partial charge in [0.2, 0.25) is 6.79 Å². The number of hydrogen-bond donors (Lipinski definition) is 1. The van der Waals surface area contributed by atoms with E-state index in [1.165, 1.54) is 4.90 Å². The Hall–Kier alpha value is -4.33. The summed E-state index contributed by atoms with van der Waals surface area (Å²) < 4.78 is 16.4. The first-order valence-corrected chi connectivity index (χ1v) is 11.5. The standard InChI is InChI=1S/C28H26N2O6/c1-28(2,3)19-13-17(5-7-20(19)34-4)25(31)23-24(16-9-11-29-12-10-16)30(27(33)26(23)32)18-6-8-21-22(14-18)36-15-35-21/h5-14,24,31H,15H2,1-4H3/b25-23+. The number of hydrogen-bond acceptors (Lipinski definition) is 7. The first-order valence-electron chi connectivity index (χ1n) is 11.5. The maximum Gasteiger partial charge on any atom is 0.300 e. The second-order valence-corrected chi connectivity index (χ2v) is 9.65. The number of anilines is 1. The number of pyridine rings is 1. The number of carbonyl (C=O) groups excluding carboxylic acids is 2. The van der Waals surface area contributed by atoms with E-state index in [4.69, 9.17) is 14.2 Å². The summed E-state index contributed by atoms with van der Waals surface area (Å²) in [7, 11) is 1.59. The van der Waals surface area contributed by atoms with Gasteiger partial charge in [0, 0.05) is 35.3 Å². The maximum atomic E-state index is 13.4. The van der Waals surface area contributed by atoms with Gasteiger partial charge in [0.15, 0.2) is 11.5 Å². The van der Waals surface area contributed by atoms with Crippen molar-refractivity contribution in [3.05, 3.63) is 83.2 Å². The number of ketones is 1. The molecule has 1 aromatic heterocycles. The topological polar surface area (TPSA) is 98.2 Å². The molecule has 0 spiro atoms. The molecule has 2 aromatic carbocycles. The summed E-state index contributed by atoms with van der Waals surface area (Å²) in [5, 5.41) is 11.5. The number of aliphatic hydroxyl groups is 1. The Morgan fingerprint density at radius 2 is 1.75 bits per heavy atom. The molecule has 36 heavy (non-hydrogen) atoms. The summed E-state index contributed by atoms with van der Waals surface area (Å²) in [6.45, 7) is 6.18. The molecule has 0 bridgehead atoms. The molecule has 0 aliphatic carbocycles. The molecule has 0 saturated carbocycles. The van der Waals surface area contributed by atoms with Gasteiger partial charge in [0.1, 0.15) is 11.5 Å². The Labute approximate surface area is 208 Å². The second kappa shape index (κ2) is 8.71. The predicted molar refractivity (Wildman–Crippen MR) is 133 cm³/mol. The van der Waals surface area contributed by atoms with E-state index in [0.29, 0.717) is 34.1 Å². The zero-order chi connectivity index (χ0) is 25.6. The number of rotatable bonds is 4. The molecule has 1 saturated heterocycles. The molecule has 8 nitrogen and oxygen atoms in total. The van der Waals surface area contributed by atoms with Crippen LogP contribution in [0.1, 0.15) is 43.5 Å². The van der Waals surface area contributed by atoms with Crippen LogP contribution in [0.4, 0.5) is 5.69 Å². The van der Waals surface area contributed by atoms with E-state index < -0.39 is 17.7 Å². The molecule has 3 aromatic rings. The van der Waals surface area contributed by atoms with Crippen LogP contribution < -0.4 is 19.1 Å². The number of benzene rings is 2. The summed E-state index contributed by atoms with van der Waals surface area (Å²) in [6, 6.07) is 12.9. The van der Waals surface area contributed by atoms with Crippen LogP contribution >= 0.6 is 0 Å². The monoisotopic (exact) mass is 486 g/mol. The van der Waals surface area contributed by atoms with Gasteiger partial charge in [-0.25, -0.2) is 0 Å². The fourth-order valence-electron chi connectivity index (χ4n) is 4.59. The number of aliphatic hydroxyl groups excluding tert-OH is 1. The highest BCUT2D eigenvalue weighted by atomic mass is 16.7. The molecule has 2 aliphatic rings. The van der Waals surface area contributed by atoms with Crippen LogP contribution in [0.3, 0.4) is 0 Å². The van der Waals surface area contributed by atoms with Crippen LogP contribution in [-0.2, 0) is 15.0 Å². The van der Waals surface area contributed by atoms with Gasteiger partial charge in [-0.2, -0.15) is 0 Å². The van der Waals surface area contributed by atoms with E-state index in [1.807, 2.05) is 20.8 Å². The van der Waals surface area contributed by atoms with Gasteiger partial charge in [-0.3, -0.25) is 19.5 Å². The van der Waals surface area contributed by atoms with E-state index in [-0.39, 0.29) is 23.5 Å². The van der Waals surface area contributed by atoms with Crippen molar-refractivity contribution in [3.8, 4) is 17.2 Å². The third kappa shape index (κ3) is 3.84. The van der Waals surface area contributed by atoms with Crippen molar-refractivity contribution in [2.24, 2.45) is 0 Å². The lowest BCUT2D eigenvalue weighted by Crippen LogP contribution is -2.29. The molecular formula is C28H26N2O6. The summed E-state index contributed by atoms with van der Waals surface area (Å²) in [5.74, 6) is -0.0735. The van der Waals surface area contributed by atoms with Crippen LogP contribution in [-0.4, -0.2) is 35.7 Å². The van der Waals surface area contributed by atoms with Gasteiger partial charge in [-0.05, 0) is 53.4 Å². The highest BCUT2D eigenvalue weighted by molar-refractivity contribution is 6.51. The molecule has 1 atom stereocenters. The zero-order valence-corrected chi connectivity index (χ0v) is 20.4. The molecule has 2 aliphatic heterocycles. The molecule has 1 unspecified atom stereocenters. The normalized spacial score (nSPS) is 18.6. The first-order chi connectivity index (χ1) is 17.2. The molecule has 1 fully saturated rings. The molecule has 184 valence electrons. The first kappa shape index (κ1) is 23.4. The summed E-state index contributed by atoms with van der Waals surface area (Å²) in [4.78, 5) is 32.2. The van der Waals surface area contributed by atoms with E-state index in [1.54, 1.807) is 68.0 Å². The van der Waals surface area contributed by atoms with Crippen molar-refractivity contribution in [2.75, 3.05) is 18.8 Å². The number of carbonyl (C=O) groups is 2. The van der Waals surface area contributed by atoms with Crippen molar-refractivity contribution in [2.45, 2.75) is 32.2 Å². The number of nitrogens with zero attached hydrogens (tertiary/aromatic N) is 2. The van der Waals surface area contributed by atoms with Gasteiger partial charge in [0.05, 0.1) is 18.7 Å². The van der Waals surface area contributed by atoms with E-state index in [2.05, 4.69) is 4.98 Å². The van der Waals surface area contributed by atoms with E-state index in [0.717, 1.165) is 5.56 Å². The molecule has 8 heteroatoms. The minimum Gasteiger partial charge on any atom is -0.507 e. The number of ether oxygens (including phenoxy) is 3. The molecular weight excluding hydrogens is 460 g/mol. The van der Waals surface area contributed by atoms with E-state index >= 15 is 0 Å². The molecule has 0 radical (unpaired) electrons. The number of aromatic nitrogens is 1. The summed E-state index contributed by atoms with van der Waals surface area (Å²) >= 11 is 0. The SMILES string of the molecule is COc1ccc(/C(O)=C2\C(=O)C(=O)N(c3ccc4c(c3)OCO4)C2c2ccncc2)cc1C(C)(C)C. The third-order valence-electron chi connectivity index (χ3n) is 6.38. The Morgan fingerprint density at radius 3 is 2.44 bits per heavy atom. The maximum absolute atomic E-state index is 13.4. The number of amides is 1. The van der Waals surface area contributed by atoms with Gasteiger partial charge >= 0.3 is 0 Å². The Morgan fingerprint density at radius 1 is 1.03 bits per heavy atom. The average molecular weight is 487 g/mol. The summed E-state index contributed by atoms with van der Waals surface area (Å²) in [5.41, 5.74) is 2.07. The second-order valence-electron chi connectivity index (χ2n) is 9.65. The molecule has 5 rings (SSSR count). The molecule has 1 amide bonds. The van der Waals surface area contributed by atoms with Crippen molar-refractivity contribution in [3.63, 3.8) is 0 Å². The van der Waals surface area contributed by atoms with Gasteiger partial charge in [0.25, 0.3) is 11.7 Å². The van der Waals surface area contributed by atoms with Gasteiger partial charge < -0.3 is 19.3 Å². The smallest absolute Gasteiger partial charge is 0.300 e. The largest absolute Gasteiger partial charge is 0.507 e. The zero-order valence-electron chi connectivity index (χ0n) is 20.4. The molecule has 3 heterocycles. The Bertz CT molecular complexity index is 1390. The lowest BCUT2D eigenvalue weighted by atomic mass is 9.84. The van der Waals surface area contributed by atoms with Crippen LogP contribution in [0.15, 0.2) is 66.5 Å². The minimum absolute atomic E-state index is 0.00565. The fourth-order valence-corrected chi connectivity index (χ4v) is 4.59. The average Bonchev–Trinajstić information content (AvgIpc) is 3.45. The van der Waals surface area contributed by atoms with Crippen LogP contribution in [0.5, 0.6) is 17.2 Å². The van der Waals surface area contributed by atoms with Crippen molar-refractivity contribution < 1.29 is 28.9 Å². The number of fused-ring (bicyclic) bond motifs is 1.